The second-order valence-corrected chi connectivity index (χ2v) is 7.97. The van der Waals surface area contributed by atoms with E-state index in [4.69, 9.17) is 0 Å². The molecule has 2 heterocycles. The van der Waals surface area contributed by atoms with Crippen molar-refractivity contribution in [3.63, 3.8) is 0 Å². The van der Waals surface area contributed by atoms with Crippen LogP contribution in [0.1, 0.15) is 43.4 Å². The molecule has 1 aliphatic rings. The van der Waals surface area contributed by atoms with Crippen LogP contribution in [0.25, 0.3) is 0 Å². The highest BCUT2D eigenvalue weighted by atomic mass is 32.2. The predicted octanol–water partition coefficient (Wildman–Crippen LogP) is 2.26. The normalized spacial score (nSPS) is 22.8. The topological polar surface area (TPSA) is 59.1 Å². The lowest BCUT2D eigenvalue weighted by molar-refractivity contribution is 0.413. The molecule has 1 fully saturated rings. The van der Waals surface area contributed by atoms with Gasteiger partial charge in [0.2, 0.25) is 0 Å². The van der Waals surface area contributed by atoms with Gasteiger partial charge in [-0.1, -0.05) is 6.92 Å². The van der Waals surface area contributed by atoms with E-state index in [-0.39, 0.29) is 12.0 Å². The summed E-state index contributed by atoms with van der Waals surface area (Å²) in [6.07, 6.45) is 6.46. The number of hydrogen-bond donors (Lipinski definition) is 1. The molecule has 1 N–H and O–H groups in total. The molecule has 1 saturated heterocycles. The first-order chi connectivity index (χ1) is 9.52. The minimum Gasteiger partial charge on any atom is -0.310 e. The van der Waals surface area contributed by atoms with Crippen molar-refractivity contribution in [1.29, 1.82) is 0 Å². The Bertz CT molecular complexity index is 543. The lowest BCUT2D eigenvalue weighted by Gasteiger charge is -2.23. The van der Waals surface area contributed by atoms with Crippen LogP contribution in [0, 0.1) is 12.8 Å². The zero-order chi connectivity index (χ0) is 14.6. The second-order valence-electron chi connectivity index (χ2n) is 5.74. The fraction of sp³-hybridized carbons (Fsp3) is 0.667. The Morgan fingerprint density at radius 3 is 2.90 bits per heavy atom. The van der Waals surface area contributed by atoms with Gasteiger partial charge in [0.25, 0.3) is 0 Å². The second kappa shape index (κ2) is 6.68. The maximum absolute atomic E-state index is 11.6. The van der Waals surface area contributed by atoms with Gasteiger partial charge in [-0.15, -0.1) is 0 Å². The maximum Gasteiger partial charge on any atom is 0.150 e. The number of nitrogens with one attached hydrogen (secondary N) is 1. The zero-order valence-corrected chi connectivity index (χ0v) is 13.1. The van der Waals surface area contributed by atoms with Gasteiger partial charge in [-0.3, -0.25) is 4.98 Å². The SMILES string of the molecule is CCCNC(CC1CCS(=O)(=O)C1)c1cnccc1C. The lowest BCUT2D eigenvalue weighted by Crippen LogP contribution is -2.25. The van der Waals surface area contributed by atoms with Crippen molar-refractivity contribution in [1.82, 2.24) is 10.3 Å². The third-order valence-corrected chi connectivity index (χ3v) is 5.83. The first kappa shape index (κ1) is 15.4. The Morgan fingerprint density at radius 2 is 2.30 bits per heavy atom. The van der Waals surface area contributed by atoms with E-state index in [2.05, 4.69) is 24.1 Å². The maximum atomic E-state index is 11.6. The van der Waals surface area contributed by atoms with Gasteiger partial charge < -0.3 is 5.32 Å². The molecule has 4 nitrogen and oxygen atoms in total. The largest absolute Gasteiger partial charge is 0.310 e. The number of nitrogens with zero attached hydrogens (tertiary/aromatic N) is 1. The third-order valence-electron chi connectivity index (χ3n) is 3.99. The van der Waals surface area contributed by atoms with Crippen LogP contribution in [0.2, 0.25) is 0 Å². The van der Waals surface area contributed by atoms with E-state index in [0.29, 0.717) is 11.5 Å². The van der Waals surface area contributed by atoms with Crippen molar-refractivity contribution < 1.29 is 8.42 Å². The van der Waals surface area contributed by atoms with Gasteiger partial charge in [-0.25, -0.2) is 8.42 Å². The van der Waals surface area contributed by atoms with Crippen LogP contribution in [0.15, 0.2) is 18.5 Å². The van der Waals surface area contributed by atoms with Crippen molar-refractivity contribution in [2.24, 2.45) is 5.92 Å². The summed E-state index contributed by atoms with van der Waals surface area (Å²) in [5.74, 6) is 0.967. The van der Waals surface area contributed by atoms with Crippen molar-refractivity contribution in [2.45, 2.75) is 39.2 Å². The smallest absolute Gasteiger partial charge is 0.150 e. The molecule has 112 valence electrons. The summed E-state index contributed by atoms with van der Waals surface area (Å²) in [5.41, 5.74) is 2.42. The van der Waals surface area contributed by atoms with Gasteiger partial charge in [0.1, 0.15) is 0 Å². The van der Waals surface area contributed by atoms with Gasteiger partial charge in [0.15, 0.2) is 9.84 Å². The first-order valence-electron chi connectivity index (χ1n) is 7.36. The van der Waals surface area contributed by atoms with E-state index in [1.54, 1.807) is 6.20 Å². The Kier molecular flexibility index (Phi) is 5.16. The standard InChI is InChI=1S/C15H24N2O2S/c1-3-6-17-15(14-10-16-7-4-12(14)2)9-13-5-8-20(18,19)11-13/h4,7,10,13,15,17H,3,5-6,8-9,11H2,1-2H3. The number of pyridine rings is 1. The Balaban J connectivity index is 2.10. The number of sulfone groups is 1. The lowest BCUT2D eigenvalue weighted by atomic mass is 9.93. The minimum absolute atomic E-state index is 0.210. The Labute approximate surface area is 121 Å². The summed E-state index contributed by atoms with van der Waals surface area (Å²) < 4.78 is 23.2. The molecule has 0 amide bonds. The van der Waals surface area contributed by atoms with Gasteiger partial charge >= 0.3 is 0 Å². The molecule has 0 bridgehead atoms. The van der Waals surface area contributed by atoms with Crippen molar-refractivity contribution in [2.75, 3.05) is 18.1 Å². The van der Waals surface area contributed by atoms with E-state index in [0.717, 1.165) is 25.8 Å². The molecule has 2 rings (SSSR count). The summed E-state index contributed by atoms with van der Waals surface area (Å²) in [4.78, 5) is 4.22. The molecule has 1 aliphatic heterocycles. The number of aryl methyl sites for hydroxylation is 1. The summed E-state index contributed by atoms with van der Waals surface area (Å²) in [6, 6.07) is 2.23. The molecular weight excluding hydrogens is 272 g/mol. The first-order valence-corrected chi connectivity index (χ1v) is 9.18. The van der Waals surface area contributed by atoms with Crippen LogP contribution in [0.3, 0.4) is 0 Å². The van der Waals surface area contributed by atoms with E-state index < -0.39 is 9.84 Å². The molecule has 20 heavy (non-hydrogen) atoms. The average Bonchev–Trinajstić information content (AvgIpc) is 2.75. The zero-order valence-electron chi connectivity index (χ0n) is 12.3. The van der Waals surface area contributed by atoms with E-state index >= 15 is 0 Å². The van der Waals surface area contributed by atoms with Gasteiger partial charge in [-0.05, 0) is 55.8 Å². The van der Waals surface area contributed by atoms with Gasteiger partial charge in [-0.2, -0.15) is 0 Å². The Morgan fingerprint density at radius 1 is 1.50 bits per heavy atom. The van der Waals surface area contributed by atoms with Crippen LogP contribution in [0.4, 0.5) is 0 Å². The third kappa shape index (κ3) is 4.03. The Hall–Kier alpha value is -0.940. The molecule has 0 aliphatic carbocycles. The molecule has 2 unspecified atom stereocenters. The van der Waals surface area contributed by atoms with E-state index in [1.807, 2.05) is 12.3 Å². The van der Waals surface area contributed by atoms with Crippen LogP contribution >= 0.6 is 0 Å². The summed E-state index contributed by atoms with van der Waals surface area (Å²) in [6.45, 7) is 5.17. The molecule has 0 radical (unpaired) electrons. The van der Waals surface area contributed by atoms with Gasteiger partial charge in [0, 0.05) is 18.4 Å². The number of aromatic nitrogens is 1. The predicted molar refractivity (Wildman–Crippen MR) is 81.4 cm³/mol. The molecule has 2 atom stereocenters. The highest BCUT2D eigenvalue weighted by Crippen LogP contribution is 2.30. The molecule has 1 aromatic rings. The van der Waals surface area contributed by atoms with Crippen LogP contribution in [-0.4, -0.2) is 31.5 Å². The fourth-order valence-electron chi connectivity index (χ4n) is 2.87. The average molecular weight is 296 g/mol. The highest BCUT2D eigenvalue weighted by molar-refractivity contribution is 7.91. The number of rotatable bonds is 6. The fourth-order valence-corrected chi connectivity index (χ4v) is 4.75. The molecular formula is C15H24N2O2S. The molecule has 1 aromatic heterocycles. The molecule has 0 spiro atoms. The van der Waals surface area contributed by atoms with E-state index in [9.17, 15) is 8.42 Å². The minimum atomic E-state index is -2.80. The van der Waals surface area contributed by atoms with Crippen molar-refractivity contribution >= 4 is 9.84 Å². The van der Waals surface area contributed by atoms with Crippen LogP contribution in [0.5, 0.6) is 0 Å². The summed E-state index contributed by atoms with van der Waals surface area (Å²) in [7, 11) is -2.80. The summed E-state index contributed by atoms with van der Waals surface area (Å²) >= 11 is 0. The quantitative estimate of drug-likeness (QED) is 0.875. The van der Waals surface area contributed by atoms with Crippen LogP contribution < -0.4 is 5.32 Å². The monoisotopic (exact) mass is 296 g/mol. The highest BCUT2D eigenvalue weighted by Gasteiger charge is 2.30. The van der Waals surface area contributed by atoms with Crippen LogP contribution in [-0.2, 0) is 9.84 Å². The van der Waals surface area contributed by atoms with Crippen molar-refractivity contribution in [3.05, 3.63) is 29.6 Å². The summed E-state index contributed by atoms with van der Waals surface area (Å²) in [5, 5.41) is 3.55. The van der Waals surface area contributed by atoms with Gasteiger partial charge in [0.05, 0.1) is 11.5 Å². The molecule has 0 saturated carbocycles. The van der Waals surface area contributed by atoms with E-state index in [1.165, 1.54) is 11.1 Å². The molecule has 0 aromatic carbocycles. The molecule has 5 heteroatoms. The van der Waals surface area contributed by atoms with Crippen molar-refractivity contribution in [3.8, 4) is 0 Å². The number of hydrogen-bond acceptors (Lipinski definition) is 4.